The molecule has 0 radical (unpaired) electrons. The van der Waals surface area contributed by atoms with Crippen molar-refractivity contribution in [1.29, 1.82) is 0 Å². The lowest BCUT2D eigenvalue weighted by molar-refractivity contribution is -0.0291. The van der Waals surface area contributed by atoms with E-state index < -0.39 is 0 Å². The fourth-order valence-electron chi connectivity index (χ4n) is 2.49. The van der Waals surface area contributed by atoms with Crippen molar-refractivity contribution in [2.24, 2.45) is 5.92 Å². The Bertz CT molecular complexity index is 215. The molecule has 16 heavy (non-hydrogen) atoms. The summed E-state index contributed by atoms with van der Waals surface area (Å²) in [5, 5.41) is 3.53. The van der Waals surface area contributed by atoms with Crippen molar-refractivity contribution in [2.75, 3.05) is 13.2 Å². The first-order valence-corrected chi connectivity index (χ1v) is 6.58. The van der Waals surface area contributed by atoms with E-state index in [0.29, 0.717) is 12.1 Å². The van der Waals surface area contributed by atoms with E-state index in [0.717, 1.165) is 31.9 Å². The quantitative estimate of drug-likeness (QED) is 0.639. The van der Waals surface area contributed by atoms with Crippen LogP contribution in [0.5, 0.6) is 0 Å². The van der Waals surface area contributed by atoms with Crippen molar-refractivity contribution < 1.29 is 4.74 Å². The number of rotatable bonds is 8. The van der Waals surface area contributed by atoms with E-state index in [9.17, 15) is 0 Å². The molecule has 2 heteroatoms. The lowest BCUT2D eigenvalue weighted by Crippen LogP contribution is -2.38. The largest absolute Gasteiger partial charge is 0.378 e. The Morgan fingerprint density at radius 2 is 2.19 bits per heavy atom. The predicted molar refractivity (Wildman–Crippen MR) is 68.3 cm³/mol. The van der Waals surface area contributed by atoms with E-state index in [1.807, 2.05) is 0 Å². The standard InChI is InChI=1S/C14H25NO/c1-4-7-8-13(15-5-2)9-12-10-14(11-12)16-6-3/h1,12-15H,5-11H2,2-3H3. The summed E-state index contributed by atoms with van der Waals surface area (Å²) in [7, 11) is 0. The second kappa shape index (κ2) is 7.70. The Labute approximate surface area is 100 Å². The number of ether oxygens (including phenoxy) is 1. The van der Waals surface area contributed by atoms with Gasteiger partial charge in [-0.3, -0.25) is 0 Å². The van der Waals surface area contributed by atoms with E-state index in [4.69, 9.17) is 11.2 Å². The third-order valence-corrected chi connectivity index (χ3v) is 3.34. The fraction of sp³-hybridized carbons (Fsp3) is 0.857. The van der Waals surface area contributed by atoms with Gasteiger partial charge in [0.05, 0.1) is 6.10 Å². The van der Waals surface area contributed by atoms with Gasteiger partial charge in [-0.1, -0.05) is 6.92 Å². The van der Waals surface area contributed by atoms with Crippen LogP contribution in [0.3, 0.4) is 0 Å². The van der Waals surface area contributed by atoms with Gasteiger partial charge in [0, 0.05) is 19.1 Å². The molecule has 92 valence electrons. The predicted octanol–water partition coefficient (Wildman–Crippen LogP) is 2.58. The minimum absolute atomic E-state index is 0.532. The molecule has 1 saturated carbocycles. The van der Waals surface area contributed by atoms with Crippen molar-refractivity contribution in [3.63, 3.8) is 0 Å². The summed E-state index contributed by atoms with van der Waals surface area (Å²) in [5.74, 6) is 3.58. The summed E-state index contributed by atoms with van der Waals surface area (Å²) in [4.78, 5) is 0. The lowest BCUT2D eigenvalue weighted by atomic mass is 9.77. The Morgan fingerprint density at radius 1 is 1.44 bits per heavy atom. The van der Waals surface area contributed by atoms with E-state index in [-0.39, 0.29) is 0 Å². The molecule has 0 aromatic rings. The molecule has 1 N–H and O–H groups in total. The minimum atomic E-state index is 0.532. The van der Waals surface area contributed by atoms with Gasteiger partial charge in [0.1, 0.15) is 0 Å². The summed E-state index contributed by atoms with van der Waals surface area (Å²) in [6.07, 6.45) is 11.6. The number of nitrogens with one attached hydrogen (secondary N) is 1. The van der Waals surface area contributed by atoms with Crippen molar-refractivity contribution in [2.45, 2.75) is 58.1 Å². The number of hydrogen-bond acceptors (Lipinski definition) is 2. The summed E-state index contributed by atoms with van der Waals surface area (Å²) >= 11 is 0. The smallest absolute Gasteiger partial charge is 0.0580 e. The van der Waals surface area contributed by atoms with Crippen molar-refractivity contribution in [3.05, 3.63) is 0 Å². The van der Waals surface area contributed by atoms with Gasteiger partial charge in [-0.15, -0.1) is 12.3 Å². The maximum Gasteiger partial charge on any atom is 0.0580 e. The van der Waals surface area contributed by atoms with Gasteiger partial charge < -0.3 is 10.1 Å². The maximum absolute atomic E-state index is 5.58. The maximum atomic E-state index is 5.58. The number of terminal acetylenes is 1. The summed E-state index contributed by atoms with van der Waals surface area (Å²) in [6.45, 7) is 6.12. The first-order chi connectivity index (χ1) is 7.80. The summed E-state index contributed by atoms with van der Waals surface area (Å²) < 4.78 is 5.58. The second-order valence-corrected chi connectivity index (χ2v) is 4.65. The normalized spacial score (nSPS) is 25.8. The molecule has 0 spiro atoms. The third-order valence-electron chi connectivity index (χ3n) is 3.34. The average Bonchev–Trinajstić information content (AvgIpc) is 2.23. The lowest BCUT2D eigenvalue weighted by Gasteiger charge is -2.37. The van der Waals surface area contributed by atoms with E-state index in [1.54, 1.807) is 0 Å². The van der Waals surface area contributed by atoms with E-state index >= 15 is 0 Å². The molecule has 1 unspecified atom stereocenters. The van der Waals surface area contributed by atoms with Crippen molar-refractivity contribution in [1.82, 2.24) is 5.32 Å². The zero-order chi connectivity index (χ0) is 11.8. The average molecular weight is 223 g/mol. The van der Waals surface area contributed by atoms with Gasteiger partial charge >= 0.3 is 0 Å². The molecule has 0 saturated heterocycles. The van der Waals surface area contributed by atoms with Gasteiger partial charge in [-0.05, 0) is 45.1 Å². The molecule has 0 aromatic carbocycles. The minimum Gasteiger partial charge on any atom is -0.378 e. The van der Waals surface area contributed by atoms with Gasteiger partial charge in [0.2, 0.25) is 0 Å². The molecule has 0 aliphatic heterocycles. The highest BCUT2D eigenvalue weighted by Gasteiger charge is 2.30. The molecule has 2 nitrogen and oxygen atoms in total. The highest BCUT2D eigenvalue weighted by atomic mass is 16.5. The Kier molecular flexibility index (Phi) is 6.52. The molecular weight excluding hydrogens is 198 g/mol. The van der Waals surface area contributed by atoms with Crippen LogP contribution < -0.4 is 5.32 Å². The highest BCUT2D eigenvalue weighted by Crippen LogP contribution is 2.34. The van der Waals surface area contributed by atoms with E-state index in [1.165, 1.54) is 19.3 Å². The van der Waals surface area contributed by atoms with Crippen LogP contribution in [-0.2, 0) is 4.74 Å². The molecule has 1 aliphatic carbocycles. The first-order valence-electron chi connectivity index (χ1n) is 6.58. The fourth-order valence-corrected chi connectivity index (χ4v) is 2.49. The van der Waals surface area contributed by atoms with Crippen LogP contribution in [0.15, 0.2) is 0 Å². The van der Waals surface area contributed by atoms with Crippen LogP contribution in [0.1, 0.15) is 46.0 Å². The molecule has 1 fully saturated rings. The summed E-state index contributed by atoms with van der Waals surface area (Å²) in [6, 6.07) is 0.605. The van der Waals surface area contributed by atoms with Crippen molar-refractivity contribution >= 4 is 0 Å². The number of hydrogen-bond donors (Lipinski definition) is 1. The Morgan fingerprint density at radius 3 is 2.75 bits per heavy atom. The van der Waals surface area contributed by atoms with Gasteiger partial charge in [0.25, 0.3) is 0 Å². The SMILES string of the molecule is C#CCCC(CC1CC(OCC)C1)NCC. The second-order valence-electron chi connectivity index (χ2n) is 4.65. The zero-order valence-corrected chi connectivity index (χ0v) is 10.7. The summed E-state index contributed by atoms with van der Waals surface area (Å²) in [5.41, 5.74) is 0. The molecule has 0 amide bonds. The molecule has 1 aliphatic rings. The Balaban J connectivity index is 2.15. The molecule has 1 atom stereocenters. The van der Waals surface area contributed by atoms with Crippen LogP contribution in [0.2, 0.25) is 0 Å². The van der Waals surface area contributed by atoms with Crippen LogP contribution in [-0.4, -0.2) is 25.3 Å². The van der Waals surface area contributed by atoms with Crippen molar-refractivity contribution in [3.8, 4) is 12.3 Å². The molecule has 0 aromatic heterocycles. The van der Waals surface area contributed by atoms with Crippen LogP contribution in [0.4, 0.5) is 0 Å². The zero-order valence-electron chi connectivity index (χ0n) is 10.7. The van der Waals surface area contributed by atoms with Gasteiger partial charge in [-0.2, -0.15) is 0 Å². The monoisotopic (exact) mass is 223 g/mol. The third kappa shape index (κ3) is 4.55. The first kappa shape index (κ1) is 13.5. The van der Waals surface area contributed by atoms with Crippen LogP contribution in [0, 0.1) is 18.3 Å². The highest BCUT2D eigenvalue weighted by molar-refractivity contribution is 4.88. The van der Waals surface area contributed by atoms with Crippen LogP contribution in [0.25, 0.3) is 0 Å². The Hall–Kier alpha value is -0.520. The molecular formula is C14H25NO. The van der Waals surface area contributed by atoms with E-state index in [2.05, 4.69) is 25.1 Å². The van der Waals surface area contributed by atoms with Crippen LogP contribution >= 0.6 is 0 Å². The topological polar surface area (TPSA) is 21.3 Å². The molecule has 1 rings (SSSR count). The van der Waals surface area contributed by atoms with Gasteiger partial charge in [-0.25, -0.2) is 0 Å². The van der Waals surface area contributed by atoms with Gasteiger partial charge in [0.15, 0.2) is 0 Å². The molecule has 0 heterocycles. The molecule has 0 bridgehead atoms.